The summed E-state index contributed by atoms with van der Waals surface area (Å²) >= 11 is 5.79. The van der Waals surface area contributed by atoms with Gasteiger partial charge >= 0.3 is 0 Å². The number of pyridine rings is 1. The van der Waals surface area contributed by atoms with E-state index in [9.17, 15) is 4.39 Å². The fourth-order valence-electron chi connectivity index (χ4n) is 1.96. The van der Waals surface area contributed by atoms with Crippen molar-refractivity contribution in [3.63, 3.8) is 0 Å². The number of alkyl halides is 1. The maximum Gasteiger partial charge on any atom is 0.179 e. The summed E-state index contributed by atoms with van der Waals surface area (Å²) in [4.78, 5) is 4.40. The monoisotopic (exact) mass is 290 g/mol. The van der Waals surface area contributed by atoms with Gasteiger partial charge in [0.25, 0.3) is 0 Å². The van der Waals surface area contributed by atoms with Crippen molar-refractivity contribution in [3.8, 4) is 5.75 Å². The van der Waals surface area contributed by atoms with Crippen molar-refractivity contribution in [2.45, 2.75) is 12.5 Å². The lowest BCUT2D eigenvalue weighted by molar-refractivity contribution is 0.308. The van der Waals surface area contributed by atoms with E-state index in [0.717, 1.165) is 16.9 Å². The van der Waals surface area contributed by atoms with Gasteiger partial charge in [-0.1, -0.05) is 12.1 Å². The van der Waals surface area contributed by atoms with Gasteiger partial charge in [-0.15, -0.1) is 11.6 Å². The van der Waals surface area contributed by atoms with E-state index in [0.29, 0.717) is 18.2 Å². The SMILES string of the molecule is Fc1ccc(COc2cccn3cc(CCl)nc23)cc1. The number of benzene rings is 1. The molecule has 102 valence electrons. The molecule has 0 N–H and O–H groups in total. The molecule has 0 saturated heterocycles. The first kappa shape index (κ1) is 12.9. The van der Waals surface area contributed by atoms with Gasteiger partial charge in [-0.2, -0.15) is 0 Å². The van der Waals surface area contributed by atoms with Crippen LogP contribution in [0.15, 0.2) is 48.8 Å². The van der Waals surface area contributed by atoms with Crippen LogP contribution in [0.3, 0.4) is 0 Å². The molecule has 0 aliphatic rings. The van der Waals surface area contributed by atoms with Crippen molar-refractivity contribution in [2.24, 2.45) is 0 Å². The van der Waals surface area contributed by atoms with Gasteiger partial charge in [0.2, 0.25) is 0 Å². The summed E-state index contributed by atoms with van der Waals surface area (Å²) in [5.41, 5.74) is 2.42. The number of halogens is 2. The second-order valence-corrected chi connectivity index (χ2v) is 4.65. The van der Waals surface area contributed by atoms with Gasteiger partial charge in [0.05, 0.1) is 11.6 Å². The Morgan fingerprint density at radius 1 is 1.20 bits per heavy atom. The quantitative estimate of drug-likeness (QED) is 0.683. The Hall–Kier alpha value is -2.07. The van der Waals surface area contributed by atoms with E-state index in [1.165, 1.54) is 12.1 Å². The Labute approximate surface area is 120 Å². The Bertz CT molecular complexity index is 724. The molecule has 0 unspecified atom stereocenters. The van der Waals surface area contributed by atoms with Crippen molar-refractivity contribution in [1.82, 2.24) is 9.38 Å². The predicted octanol–water partition coefficient (Wildman–Crippen LogP) is 3.79. The molecule has 3 rings (SSSR count). The van der Waals surface area contributed by atoms with Crippen LogP contribution >= 0.6 is 11.6 Å². The van der Waals surface area contributed by atoms with Crippen LogP contribution in [0.5, 0.6) is 5.75 Å². The minimum Gasteiger partial charge on any atom is -0.485 e. The maximum absolute atomic E-state index is 12.8. The molecule has 0 atom stereocenters. The lowest BCUT2D eigenvalue weighted by Gasteiger charge is -2.07. The minimum absolute atomic E-state index is 0.254. The molecule has 2 aromatic heterocycles. The average Bonchev–Trinajstić information content (AvgIpc) is 2.90. The van der Waals surface area contributed by atoms with Gasteiger partial charge in [-0.05, 0) is 29.8 Å². The van der Waals surface area contributed by atoms with E-state index < -0.39 is 0 Å². The molecule has 0 bridgehead atoms. The summed E-state index contributed by atoms with van der Waals surface area (Å²) in [6, 6.07) is 9.97. The highest BCUT2D eigenvalue weighted by Gasteiger charge is 2.07. The summed E-state index contributed by atoms with van der Waals surface area (Å²) in [5, 5.41) is 0. The molecular formula is C15H12ClFN2O. The highest BCUT2D eigenvalue weighted by molar-refractivity contribution is 6.16. The van der Waals surface area contributed by atoms with Crippen LogP contribution < -0.4 is 4.74 Å². The van der Waals surface area contributed by atoms with Gasteiger partial charge in [-0.3, -0.25) is 0 Å². The summed E-state index contributed by atoms with van der Waals surface area (Å²) < 4.78 is 20.5. The summed E-state index contributed by atoms with van der Waals surface area (Å²) in [6.07, 6.45) is 3.76. The van der Waals surface area contributed by atoms with Gasteiger partial charge < -0.3 is 9.14 Å². The lowest BCUT2D eigenvalue weighted by atomic mass is 10.2. The minimum atomic E-state index is -0.254. The number of aromatic nitrogens is 2. The molecule has 0 aliphatic carbocycles. The third-order valence-corrected chi connectivity index (χ3v) is 3.22. The molecule has 0 amide bonds. The normalized spacial score (nSPS) is 10.9. The van der Waals surface area contributed by atoms with Crippen LogP contribution in [-0.4, -0.2) is 9.38 Å². The van der Waals surface area contributed by atoms with Crippen LogP contribution in [0.4, 0.5) is 4.39 Å². The number of ether oxygens (including phenoxy) is 1. The van der Waals surface area contributed by atoms with E-state index in [1.54, 1.807) is 12.1 Å². The Balaban J connectivity index is 1.83. The molecular weight excluding hydrogens is 279 g/mol. The van der Waals surface area contributed by atoms with Crippen LogP contribution in [0.2, 0.25) is 0 Å². The standard InChI is InChI=1S/C15H12ClFN2O/c16-8-13-9-19-7-1-2-14(15(19)18-13)20-10-11-3-5-12(17)6-4-11/h1-7,9H,8,10H2. The molecule has 0 radical (unpaired) electrons. The van der Waals surface area contributed by atoms with E-state index in [4.69, 9.17) is 16.3 Å². The second-order valence-electron chi connectivity index (χ2n) is 4.38. The molecule has 3 nitrogen and oxygen atoms in total. The average molecular weight is 291 g/mol. The number of fused-ring (bicyclic) bond motifs is 1. The Morgan fingerprint density at radius 2 is 2.00 bits per heavy atom. The molecule has 2 heterocycles. The van der Waals surface area contributed by atoms with Crippen LogP contribution in [0.1, 0.15) is 11.3 Å². The van der Waals surface area contributed by atoms with Gasteiger partial charge in [0.1, 0.15) is 12.4 Å². The van der Waals surface area contributed by atoms with Crippen molar-refractivity contribution in [2.75, 3.05) is 0 Å². The predicted molar refractivity (Wildman–Crippen MR) is 75.5 cm³/mol. The highest BCUT2D eigenvalue weighted by Crippen LogP contribution is 2.20. The zero-order chi connectivity index (χ0) is 13.9. The molecule has 0 saturated carbocycles. The van der Waals surface area contributed by atoms with Crippen molar-refractivity contribution in [1.29, 1.82) is 0 Å². The number of nitrogens with zero attached hydrogens (tertiary/aromatic N) is 2. The van der Waals surface area contributed by atoms with E-state index in [-0.39, 0.29) is 5.82 Å². The van der Waals surface area contributed by atoms with Crippen molar-refractivity contribution >= 4 is 17.2 Å². The Kier molecular flexibility index (Phi) is 3.56. The van der Waals surface area contributed by atoms with Gasteiger partial charge in [0, 0.05) is 12.4 Å². The number of imidazole rings is 1. The summed E-state index contributed by atoms with van der Waals surface area (Å²) in [7, 11) is 0. The smallest absolute Gasteiger partial charge is 0.179 e. The topological polar surface area (TPSA) is 26.5 Å². The zero-order valence-electron chi connectivity index (χ0n) is 10.6. The first-order valence-corrected chi connectivity index (χ1v) is 6.69. The van der Waals surface area contributed by atoms with Crippen molar-refractivity contribution < 1.29 is 9.13 Å². The fraction of sp³-hybridized carbons (Fsp3) is 0.133. The number of hydrogen-bond acceptors (Lipinski definition) is 2. The van der Waals surface area contributed by atoms with Gasteiger partial charge in [-0.25, -0.2) is 9.37 Å². The maximum atomic E-state index is 12.8. The number of hydrogen-bond donors (Lipinski definition) is 0. The third kappa shape index (κ3) is 2.60. The van der Waals surface area contributed by atoms with Crippen molar-refractivity contribution in [3.05, 3.63) is 65.9 Å². The first-order chi connectivity index (χ1) is 9.76. The molecule has 5 heteroatoms. The fourth-order valence-corrected chi connectivity index (χ4v) is 2.09. The molecule has 0 fully saturated rings. The molecule has 0 spiro atoms. The molecule has 20 heavy (non-hydrogen) atoms. The largest absolute Gasteiger partial charge is 0.485 e. The molecule has 0 aliphatic heterocycles. The van der Waals surface area contributed by atoms with Crippen LogP contribution in [0.25, 0.3) is 5.65 Å². The third-order valence-electron chi connectivity index (χ3n) is 2.94. The van der Waals surface area contributed by atoms with Crippen LogP contribution in [0, 0.1) is 5.82 Å². The van der Waals surface area contributed by atoms with E-state index in [1.807, 2.05) is 28.9 Å². The summed E-state index contributed by atoms with van der Waals surface area (Å²) in [5.74, 6) is 0.781. The lowest BCUT2D eigenvalue weighted by Crippen LogP contribution is -1.97. The van der Waals surface area contributed by atoms with E-state index >= 15 is 0 Å². The molecule has 1 aromatic carbocycles. The number of rotatable bonds is 4. The van der Waals surface area contributed by atoms with Crippen LogP contribution in [-0.2, 0) is 12.5 Å². The molecule has 3 aromatic rings. The zero-order valence-corrected chi connectivity index (χ0v) is 11.3. The first-order valence-electron chi connectivity index (χ1n) is 6.16. The highest BCUT2D eigenvalue weighted by atomic mass is 35.5. The Morgan fingerprint density at radius 3 is 2.75 bits per heavy atom. The summed E-state index contributed by atoms with van der Waals surface area (Å²) in [6.45, 7) is 0.364. The van der Waals surface area contributed by atoms with E-state index in [2.05, 4.69) is 4.98 Å². The van der Waals surface area contributed by atoms with Gasteiger partial charge in [0.15, 0.2) is 11.4 Å². The second kappa shape index (κ2) is 5.51.